The molecule has 1 amide bonds. The van der Waals surface area contributed by atoms with Crippen LogP contribution in [0.4, 0.5) is 5.69 Å². The largest absolute Gasteiger partial charge is 0.336 e. The van der Waals surface area contributed by atoms with Gasteiger partial charge in [0.15, 0.2) is 5.65 Å². The van der Waals surface area contributed by atoms with E-state index in [2.05, 4.69) is 31.2 Å². The molecule has 2 N–H and O–H groups in total. The van der Waals surface area contributed by atoms with Gasteiger partial charge in [-0.2, -0.15) is 0 Å². The Kier molecular flexibility index (Phi) is 7.04. The number of H-pyrrole nitrogens is 1. The van der Waals surface area contributed by atoms with Crippen molar-refractivity contribution in [2.75, 3.05) is 5.32 Å². The first-order chi connectivity index (χ1) is 14.4. The van der Waals surface area contributed by atoms with Gasteiger partial charge in [-0.05, 0) is 29.1 Å². The minimum absolute atomic E-state index is 0.129. The van der Waals surface area contributed by atoms with E-state index in [1.807, 2.05) is 31.2 Å². The van der Waals surface area contributed by atoms with Gasteiger partial charge in [-0.1, -0.05) is 47.5 Å². The van der Waals surface area contributed by atoms with Crippen LogP contribution in [0.1, 0.15) is 38.1 Å². The minimum atomic E-state index is -0.381. The van der Waals surface area contributed by atoms with Gasteiger partial charge in [0.1, 0.15) is 11.3 Å². The van der Waals surface area contributed by atoms with Gasteiger partial charge in [0.25, 0.3) is 5.56 Å². The van der Waals surface area contributed by atoms with Gasteiger partial charge in [-0.3, -0.25) is 18.7 Å². The number of anilines is 1. The number of hydrogen-bond acceptors (Lipinski definition) is 4. The first-order valence-electron chi connectivity index (χ1n) is 9.78. The van der Waals surface area contributed by atoms with Crippen LogP contribution in [-0.2, 0) is 24.3 Å². The molecule has 1 aromatic carbocycles. The lowest BCUT2D eigenvalue weighted by atomic mass is 10.1. The molecule has 0 fully saturated rings. The molecular weight excluding hydrogens is 450 g/mol. The van der Waals surface area contributed by atoms with Crippen LogP contribution in [0.5, 0.6) is 0 Å². The number of carbonyl (C=O) groups excluding carboxylic acids is 1. The summed E-state index contributed by atoms with van der Waals surface area (Å²) in [6, 6.07) is 7.41. The Morgan fingerprint density at radius 3 is 2.60 bits per heavy atom. The van der Waals surface area contributed by atoms with Crippen molar-refractivity contribution in [2.24, 2.45) is 0 Å². The van der Waals surface area contributed by atoms with E-state index in [1.54, 1.807) is 15.6 Å². The van der Waals surface area contributed by atoms with Crippen LogP contribution in [0.25, 0.3) is 11.2 Å². The van der Waals surface area contributed by atoms with Gasteiger partial charge < -0.3 is 10.3 Å². The van der Waals surface area contributed by atoms with Crippen molar-refractivity contribution in [2.45, 2.75) is 46.2 Å². The van der Waals surface area contributed by atoms with Crippen molar-refractivity contribution in [1.82, 2.24) is 19.1 Å². The summed E-state index contributed by atoms with van der Waals surface area (Å²) in [7, 11) is 0. The molecule has 158 valence electrons. The zero-order valence-corrected chi connectivity index (χ0v) is 18.5. The number of fused-ring (bicyclic) bond motifs is 1. The minimum Gasteiger partial charge on any atom is -0.336 e. The average molecular weight is 474 g/mol. The number of rotatable bonds is 8. The maximum Gasteiger partial charge on any atom is 0.333 e. The number of carbonyl (C=O) groups is 1. The van der Waals surface area contributed by atoms with Gasteiger partial charge >= 0.3 is 5.69 Å². The molecule has 2 aromatic heterocycles. The third-order valence-electron chi connectivity index (χ3n) is 4.67. The fraction of sp³-hybridized carbons (Fsp3) is 0.333. The van der Waals surface area contributed by atoms with E-state index in [9.17, 15) is 14.4 Å². The fourth-order valence-electron chi connectivity index (χ4n) is 3.22. The molecular formula is C21H24BrN5O3. The molecule has 0 bridgehead atoms. The molecule has 0 saturated carbocycles. The van der Waals surface area contributed by atoms with Crippen LogP contribution in [0, 0.1) is 0 Å². The van der Waals surface area contributed by atoms with Crippen LogP contribution < -0.4 is 16.6 Å². The lowest BCUT2D eigenvalue weighted by Gasteiger charge is -2.09. The van der Waals surface area contributed by atoms with Crippen molar-refractivity contribution in [3.8, 4) is 0 Å². The maximum absolute atomic E-state index is 12.9. The van der Waals surface area contributed by atoms with Crippen LogP contribution in [0.15, 0.2) is 44.9 Å². The number of benzene rings is 1. The number of aryl methyl sites for hydroxylation is 1. The molecule has 2 heterocycles. The lowest BCUT2D eigenvalue weighted by Crippen LogP contribution is -2.40. The van der Waals surface area contributed by atoms with Crippen molar-refractivity contribution in [1.29, 1.82) is 0 Å². The highest BCUT2D eigenvalue weighted by molar-refractivity contribution is 9.11. The zero-order chi connectivity index (χ0) is 21.7. The van der Waals surface area contributed by atoms with E-state index in [4.69, 9.17) is 0 Å². The van der Waals surface area contributed by atoms with E-state index in [-0.39, 0.29) is 23.7 Å². The number of halogens is 1. The van der Waals surface area contributed by atoms with E-state index >= 15 is 0 Å². The third-order valence-corrected chi connectivity index (χ3v) is 5.04. The number of nitrogens with one attached hydrogen (secondary N) is 2. The Morgan fingerprint density at radius 1 is 1.23 bits per heavy atom. The molecule has 30 heavy (non-hydrogen) atoms. The summed E-state index contributed by atoms with van der Waals surface area (Å²) >= 11 is 3.18. The van der Waals surface area contributed by atoms with Crippen molar-refractivity contribution < 1.29 is 4.79 Å². The maximum atomic E-state index is 12.9. The monoisotopic (exact) mass is 473 g/mol. The Morgan fingerprint density at radius 2 is 1.97 bits per heavy atom. The molecule has 0 atom stereocenters. The van der Waals surface area contributed by atoms with Crippen molar-refractivity contribution in [3.63, 3.8) is 0 Å². The molecule has 0 saturated heterocycles. The molecule has 3 aromatic rings. The molecule has 0 aliphatic carbocycles. The van der Waals surface area contributed by atoms with E-state index < -0.39 is 0 Å². The third kappa shape index (κ3) is 4.79. The summed E-state index contributed by atoms with van der Waals surface area (Å²) in [5.41, 5.74) is 1.67. The topological polar surface area (TPSA) is 102 Å². The highest BCUT2D eigenvalue weighted by Crippen LogP contribution is 2.14. The van der Waals surface area contributed by atoms with Gasteiger partial charge in [-0.15, -0.1) is 0 Å². The summed E-state index contributed by atoms with van der Waals surface area (Å²) in [4.78, 5) is 46.2. The molecule has 0 unspecified atom stereocenters. The second kappa shape index (κ2) is 9.71. The quantitative estimate of drug-likeness (QED) is 0.524. The van der Waals surface area contributed by atoms with Gasteiger partial charge in [0, 0.05) is 32.1 Å². The number of amides is 1. The van der Waals surface area contributed by atoms with Crippen LogP contribution in [0.2, 0.25) is 0 Å². The molecule has 0 radical (unpaired) electrons. The predicted molar refractivity (Wildman–Crippen MR) is 121 cm³/mol. The normalized spacial score (nSPS) is 11.4. The summed E-state index contributed by atoms with van der Waals surface area (Å²) in [5, 5.41) is 2.73. The summed E-state index contributed by atoms with van der Waals surface area (Å²) in [6.45, 7) is 4.19. The SMILES string of the molecule is CCCCn1c(=O)n(C/C=C/Br)c(=O)c2[nH]c(Cc3ccc(NC(C)=O)cc3)nc21. The molecule has 3 rings (SSSR count). The first kappa shape index (κ1) is 21.8. The summed E-state index contributed by atoms with van der Waals surface area (Å²) in [6.07, 6.45) is 3.91. The van der Waals surface area contributed by atoms with Gasteiger partial charge in [0.05, 0.1) is 0 Å². The summed E-state index contributed by atoms with van der Waals surface area (Å²) < 4.78 is 2.78. The van der Waals surface area contributed by atoms with E-state index in [0.717, 1.165) is 18.4 Å². The molecule has 0 aliphatic rings. The Balaban J connectivity index is 2.01. The zero-order valence-electron chi connectivity index (χ0n) is 16.9. The van der Waals surface area contributed by atoms with Crippen molar-refractivity contribution >= 4 is 38.7 Å². The van der Waals surface area contributed by atoms with E-state index in [0.29, 0.717) is 35.6 Å². The number of unbranched alkanes of at least 4 members (excludes halogenated alkanes) is 1. The standard InChI is InChI=1S/C21H24BrN5O3/c1-3-4-11-26-19-18(20(29)27(21(26)30)12-5-10-22)24-17(25-19)13-15-6-8-16(9-7-15)23-14(2)28/h5-10H,3-4,11-13H2,1-2H3,(H,23,28)(H,24,25)/b10-5+. The molecule has 0 aliphatic heterocycles. The first-order valence-corrected chi connectivity index (χ1v) is 10.7. The second-order valence-corrected chi connectivity index (χ2v) is 7.53. The van der Waals surface area contributed by atoms with Gasteiger partial charge in [-0.25, -0.2) is 9.78 Å². The lowest BCUT2D eigenvalue weighted by molar-refractivity contribution is -0.114. The number of nitrogens with zero attached hydrogens (tertiary/aromatic N) is 3. The van der Waals surface area contributed by atoms with Gasteiger partial charge in [0.2, 0.25) is 5.91 Å². The highest BCUT2D eigenvalue weighted by Gasteiger charge is 2.17. The Labute approximate surface area is 181 Å². The van der Waals surface area contributed by atoms with E-state index in [1.165, 1.54) is 11.5 Å². The Bertz CT molecular complexity index is 1190. The highest BCUT2D eigenvalue weighted by atomic mass is 79.9. The Hall–Kier alpha value is -2.94. The molecule has 9 heteroatoms. The number of hydrogen-bond donors (Lipinski definition) is 2. The molecule has 8 nitrogen and oxygen atoms in total. The van der Waals surface area contributed by atoms with Crippen LogP contribution >= 0.6 is 15.9 Å². The smallest absolute Gasteiger partial charge is 0.333 e. The number of imidazole rings is 1. The number of aromatic amines is 1. The molecule has 0 spiro atoms. The summed E-state index contributed by atoms with van der Waals surface area (Å²) in [5.74, 6) is 0.476. The average Bonchev–Trinajstić information content (AvgIpc) is 3.13. The number of aromatic nitrogens is 4. The van der Waals surface area contributed by atoms with Crippen LogP contribution in [-0.4, -0.2) is 25.0 Å². The second-order valence-electron chi connectivity index (χ2n) is 7.00. The fourth-order valence-corrected chi connectivity index (χ4v) is 3.39. The van der Waals surface area contributed by atoms with Crippen LogP contribution in [0.3, 0.4) is 0 Å². The number of allylic oxidation sites excluding steroid dienone is 1. The predicted octanol–water partition coefficient (Wildman–Crippen LogP) is 3.14. The van der Waals surface area contributed by atoms with Crippen molar-refractivity contribution in [3.05, 3.63) is 67.6 Å².